The molecule has 0 bridgehead atoms. The molecule has 0 aliphatic carbocycles. The number of anilines is 1. The van der Waals surface area contributed by atoms with Crippen LogP contribution in [-0.4, -0.2) is 45.4 Å². The van der Waals surface area contributed by atoms with Gasteiger partial charge in [0.15, 0.2) is 0 Å². The van der Waals surface area contributed by atoms with Crippen molar-refractivity contribution in [2.45, 2.75) is 18.4 Å². The Hall–Kier alpha value is -3.35. The molecular weight excluding hydrogens is 369 g/mol. The zero-order valence-corrected chi connectivity index (χ0v) is 15.8. The number of carbonyl (C=O) groups excluding carboxylic acids is 1. The van der Waals surface area contributed by atoms with Crippen LogP contribution in [0.25, 0.3) is 0 Å². The first-order chi connectivity index (χ1) is 14.1. The summed E-state index contributed by atoms with van der Waals surface area (Å²) in [5.41, 5.74) is 3.25. The summed E-state index contributed by atoms with van der Waals surface area (Å²) in [6.07, 6.45) is 5.77. The highest BCUT2D eigenvalue weighted by molar-refractivity contribution is 5.94. The van der Waals surface area contributed by atoms with Crippen LogP contribution in [-0.2, 0) is 12.0 Å². The van der Waals surface area contributed by atoms with Crippen molar-refractivity contribution in [2.24, 2.45) is 0 Å². The molecule has 7 heteroatoms. The zero-order chi connectivity index (χ0) is 19.8. The molecule has 1 atom stereocenters. The number of pyridine rings is 3. The first-order valence-corrected chi connectivity index (χ1v) is 9.66. The molecule has 0 radical (unpaired) electrons. The van der Waals surface area contributed by atoms with Crippen LogP contribution in [0.3, 0.4) is 0 Å². The van der Waals surface area contributed by atoms with E-state index in [0.717, 1.165) is 30.0 Å². The van der Waals surface area contributed by atoms with E-state index in [1.807, 2.05) is 30.5 Å². The fourth-order valence-electron chi connectivity index (χ4n) is 4.50. The lowest BCUT2D eigenvalue weighted by Gasteiger charge is -2.25. The fourth-order valence-corrected chi connectivity index (χ4v) is 4.50. The highest BCUT2D eigenvalue weighted by Crippen LogP contribution is 2.45. The number of hydrogen-bond donors (Lipinski definition) is 0. The van der Waals surface area contributed by atoms with Gasteiger partial charge in [0.05, 0.1) is 29.0 Å². The third kappa shape index (κ3) is 3.12. The fraction of sp³-hybridized carbons (Fsp3) is 0.273. The van der Waals surface area contributed by atoms with Crippen LogP contribution < -0.4 is 4.90 Å². The second-order valence-corrected chi connectivity index (χ2v) is 7.67. The minimum absolute atomic E-state index is 0.163. The van der Waals surface area contributed by atoms with Crippen molar-refractivity contribution >= 4 is 11.6 Å². The van der Waals surface area contributed by atoms with Crippen LogP contribution in [0.2, 0.25) is 0 Å². The molecule has 6 nitrogen and oxygen atoms in total. The Labute approximate surface area is 168 Å². The van der Waals surface area contributed by atoms with Crippen molar-refractivity contribution in [1.29, 1.82) is 0 Å². The Morgan fingerprint density at radius 2 is 1.93 bits per heavy atom. The molecule has 1 spiro atoms. The van der Waals surface area contributed by atoms with Crippen LogP contribution in [0.1, 0.15) is 28.2 Å². The van der Waals surface area contributed by atoms with Gasteiger partial charge in [-0.05, 0) is 36.8 Å². The van der Waals surface area contributed by atoms with E-state index in [1.165, 1.54) is 12.3 Å². The van der Waals surface area contributed by atoms with Crippen LogP contribution in [0.5, 0.6) is 0 Å². The molecule has 5 rings (SSSR count). The summed E-state index contributed by atoms with van der Waals surface area (Å²) in [6, 6.07) is 12.7. The van der Waals surface area contributed by atoms with Crippen LogP contribution in [0.4, 0.5) is 10.1 Å². The summed E-state index contributed by atoms with van der Waals surface area (Å²) >= 11 is 0. The predicted molar refractivity (Wildman–Crippen MR) is 106 cm³/mol. The van der Waals surface area contributed by atoms with Crippen molar-refractivity contribution in [1.82, 2.24) is 19.9 Å². The van der Waals surface area contributed by atoms with Gasteiger partial charge in [-0.1, -0.05) is 6.07 Å². The minimum Gasteiger partial charge on any atom is -0.363 e. The predicted octanol–water partition coefficient (Wildman–Crippen LogP) is 2.81. The molecule has 0 N–H and O–H groups in total. The van der Waals surface area contributed by atoms with Gasteiger partial charge in [-0.25, -0.2) is 4.98 Å². The number of fused-ring (bicyclic) bond motifs is 2. The molecule has 29 heavy (non-hydrogen) atoms. The monoisotopic (exact) mass is 389 g/mol. The lowest BCUT2D eigenvalue weighted by atomic mass is 9.85. The molecule has 5 heterocycles. The van der Waals surface area contributed by atoms with Gasteiger partial charge in [0, 0.05) is 49.9 Å². The molecule has 146 valence electrons. The second-order valence-electron chi connectivity index (χ2n) is 7.67. The average molecular weight is 389 g/mol. The molecule has 3 aromatic heterocycles. The van der Waals surface area contributed by atoms with Crippen LogP contribution in [0, 0.1) is 5.95 Å². The SMILES string of the molecule is O=C(c1ccnc(F)c1)N1CC[C@@]2(C1)CN(Cc1ccccn1)c1cccnc12. The molecule has 0 saturated carbocycles. The average Bonchev–Trinajstić information content (AvgIpc) is 3.31. The quantitative estimate of drug-likeness (QED) is 0.645. The third-order valence-electron chi connectivity index (χ3n) is 5.82. The Kier molecular flexibility index (Phi) is 4.23. The van der Waals surface area contributed by atoms with Gasteiger partial charge in [0.25, 0.3) is 5.91 Å². The molecule has 1 fully saturated rings. The Morgan fingerprint density at radius 1 is 1.03 bits per heavy atom. The summed E-state index contributed by atoms with van der Waals surface area (Å²) in [4.78, 5) is 29.7. The molecule has 0 aromatic carbocycles. The van der Waals surface area contributed by atoms with Gasteiger partial charge in [-0.2, -0.15) is 4.39 Å². The lowest BCUT2D eigenvalue weighted by Crippen LogP contribution is -2.38. The summed E-state index contributed by atoms with van der Waals surface area (Å²) in [5.74, 6) is -0.803. The number of likely N-dealkylation sites (tertiary alicyclic amines) is 1. The maximum Gasteiger partial charge on any atom is 0.254 e. The molecule has 1 saturated heterocycles. The minimum atomic E-state index is -0.640. The third-order valence-corrected chi connectivity index (χ3v) is 5.82. The van der Waals surface area contributed by atoms with Gasteiger partial charge in [0.1, 0.15) is 0 Å². The van der Waals surface area contributed by atoms with E-state index in [2.05, 4.69) is 20.9 Å². The molecule has 0 unspecified atom stereocenters. The zero-order valence-electron chi connectivity index (χ0n) is 15.8. The van der Waals surface area contributed by atoms with Crippen LogP contribution >= 0.6 is 0 Å². The highest BCUT2D eigenvalue weighted by atomic mass is 19.1. The Bertz CT molecular complexity index is 1060. The standard InChI is InChI=1S/C22H20FN5O/c23-19-12-16(6-10-25-19)21(29)27-11-7-22(14-27)15-28(13-17-4-1-2-8-24-17)18-5-3-9-26-20(18)22/h1-6,8-10,12H,7,11,13-15H2/t22-/m1/s1. The molecule has 1 amide bonds. The van der Waals surface area contributed by atoms with Gasteiger partial charge >= 0.3 is 0 Å². The topological polar surface area (TPSA) is 62.2 Å². The molecule has 3 aromatic rings. The van der Waals surface area contributed by atoms with Crippen molar-refractivity contribution in [3.63, 3.8) is 0 Å². The number of hydrogen-bond acceptors (Lipinski definition) is 5. The summed E-state index contributed by atoms with van der Waals surface area (Å²) < 4.78 is 13.5. The normalized spacial score (nSPS) is 20.3. The van der Waals surface area contributed by atoms with E-state index in [1.54, 1.807) is 17.2 Å². The smallest absolute Gasteiger partial charge is 0.254 e. The second kappa shape index (κ2) is 6.92. The van der Waals surface area contributed by atoms with Gasteiger partial charge in [-0.15, -0.1) is 0 Å². The van der Waals surface area contributed by atoms with Crippen LogP contribution in [0.15, 0.2) is 61.1 Å². The first kappa shape index (κ1) is 17.7. The van der Waals surface area contributed by atoms with Gasteiger partial charge in [0.2, 0.25) is 5.95 Å². The van der Waals surface area contributed by atoms with E-state index in [9.17, 15) is 9.18 Å². The van der Waals surface area contributed by atoms with Crippen molar-refractivity contribution in [2.75, 3.05) is 24.5 Å². The van der Waals surface area contributed by atoms with E-state index in [4.69, 9.17) is 4.98 Å². The van der Waals surface area contributed by atoms with E-state index >= 15 is 0 Å². The Balaban J connectivity index is 1.41. The number of rotatable bonds is 3. The summed E-state index contributed by atoms with van der Waals surface area (Å²) in [7, 11) is 0. The number of amides is 1. The maximum absolute atomic E-state index is 13.5. The van der Waals surface area contributed by atoms with E-state index < -0.39 is 5.95 Å². The number of aromatic nitrogens is 3. The maximum atomic E-state index is 13.5. The van der Waals surface area contributed by atoms with E-state index in [0.29, 0.717) is 25.2 Å². The summed E-state index contributed by atoms with van der Waals surface area (Å²) in [6.45, 7) is 2.67. The Morgan fingerprint density at radius 3 is 2.76 bits per heavy atom. The molecular formula is C22H20FN5O. The van der Waals surface area contributed by atoms with Gasteiger partial charge in [-0.3, -0.25) is 14.8 Å². The van der Waals surface area contributed by atoms with Crippen molar-refractivity contribution in [3.05, 3.63) is 84.0 Å². The van der Waals surface area contributed by atoms with Crippen molar-refractivity contribution in [3.8, 4) is 0 Å². The first-order valence-electron chi connectivity index (χ1n) is 9.66. The number of carbonyl (C=O) groups is 1. The molecule has 2 aliphatic heterocycles. The largest absolute Gasteiger partial charge is 0.363 e. The highest BCUT2D eigenvalue weighted by Gasteiger charge is 2.49. The number of nitrogens with zero attached hydrogens (tertiary/aromatic N) is 5. The molecule has 2 aliphatic rings. The van der Waals surface area contributed by atoms with Gasteiger partial charge < -0.3 is 9.80 Å². The van der Waals surface area contributed by atoms with E-state index in [-0.39, 0.29) is 11.3 Å². The summed E-state index contributed by atoms with van der Waals surface area (Å²) in [5, 5.41) is 0. The number of halogens is 1. The lowest BCUT2D eigenvalue weighted by molar-refractivity contribution is 0.0783. The van der Waals surface area contributed by atoms with Crippen molar-refractivity contribution < 1.29 is 9.18 Å².